The molecule has 2 aromatic rings. The Morgan fingerprint density at radius 2 is 2.12 bits per heavy atom. The molecule has 0 aliphatic rings. The second kappa shape index (κ2) is 5.43. The van der Waals surface area contributed by atoms with Crippen LogP contribution in [0.3, 0.4) is 0 Å². The number of aromatic nitrogens is 1. The average Bonchev–Trinajstić information content (AvgIpc) is 2.30. The van der Waals surface area contributed by atoms with Crippen LogP contribution in [0.25, 0.3) is 0 Å². The van der Waals surface area contributed by atoms with Gasteiger partial charge in [-0.1, -0.05) is 29.8 Å². The predicted molar refractivity (Wildman–Crippen MR) is 74.4 cm³/mol. The zero-order valence-electron chi connectivity index (χ0n) is 9.48. The Kier molecular flexibility index (Phi) is 3.92. The maximum atomic E-state index is 6.10. The van der Waals surface area contributed by atoms with E-state index in [1.54, 1.807) is 18.0 Å². The summed E-state index contributed by atoms with van der Waals surface area (Å²) in [4.78, 5) is 4.32. The van der Waals surface area contributed by atoms with Crippen LogP contribution in [0.5, 0.6) is 0 Å². The third-order valence-corrected chi connectivity index (χ3v) is 3.90. The van der Waals surface area contributed by atoms with Crippen molar-refractivity contribution in [1.29, 1.82) is 0 Å². The summed E-state index contributed by atoms with van der Waals surface area (Å²) >= 11 is 7.77. The summed E-state index contributed by atoms with van der Waals surface area (Å²) in [7, 11) is 0. The first-order valence-corrected chi connectivity index (χ1v) is 6.61. The molecular formula is C13H13ClN2S. The van der Waals surface area contributed by atoms with E-state index in [1.807, 2.05) is 37.3 Å². The normalized spacial score (nSPS) is 10.5. The second-order valence-corrected chi connectivity index (χ2v) is 5.14. The van der Waals surface area contributed by atoms with E-state index in [1.165, 1.54) is 0 Å². The molecule has 1 aromatic heterocycles. The number of nitrogens with zero attached hydrogens (tertiary/aromatic N) is 1. The Morgan fingerprint density at radius 1 is 1.35 bits per heavy atom. The van der Waals surface area contributed by atoms with Gasteiger partial charge in [0.2, 0.25) is 0 Å². The molecule has 0 aliphatic heterocycles. The van der Waals surface area contributed by atoms with E-state index in [0.29, 0.717) is 5.69 Å². The molecule has 4 heteroatoms. The lowest BCUT2D eigenvalue weighted by molar-refractivity contribution is 1.08. The smallest absolute Gasteiger partial charge is 0.0993 e. The van der Waals surface area contributed by atoms with Gasteiger partial charge in [-0.2, -0.15) is 0 Å². The van der Waals surface area contributed by atoms with Crippen LogP contribution in [0.15, 0.2) is 41.6 Å². The van der Waals surface area contributed by atoms with Gasteiger partial charge in [0.05, 0.1) is 16.9 Å². The van der Waals surface area contributed by atoms with Crippen molar-refractivity contribution in [2.75, 3.05) is 5.73 Å². The third-order valence-electron chi connectivity index (χ3n) is 2.37. The van der Waals surface area contributed by atoms with Crippen LogP contribution in [0.4, 0.5) is 5.69 Å². The van der Waals surface area contributed by atoms with E-state index in [-0.39, 0.29) is 0 Å². The summed E-state index contributed by atoms with van der Waals surface area (Å²) in [5.74, 6) is 0.817. The molecule has 0 fully saturated rings. The molecule has 0 saturated carbocycles. The first-order valence-electron chi connectivity index (χ1n) is 5.25. The van der Waals surface area contributed by atoms with Crippen molar-refractivity contribution in [3.63, 3.8) is 0 Å². The lowest BCUT2D eigenvalue weighted by atomic mass is 10.2. The van der Waals surface area contributed by atoms with Crippen molar-refractivity contribution in [3.05, 3.63) is 52.7 Å². The standard InChI is InChI=1S/C13H13ClN2S/c1-9-6-11(15)7-16-13(9)17-8-10-4-2-3-5-12(10)14/h2-7H,8,15H2,1H3. The highest BCUT2D eigenvalue weighted by molar-refractivity contribution is 7.98. The van der Waals surface area contributed by atoms with Gasteiger partial charge in [-0.05, 0) is 30.2 Å². The lowest BCUT2D eigenvalue weighted by Crippen LogP contribution is -1.92. The SMILES string of the molecule is Cc1cc(N)cnc1SCc1ccccc1Cl. The van der Waals surface area contributed by atoms with E-state index < -0.39 is 0 Å². The number of benzene rings is 1. The highest BCUT2D eigenvalue weighted by Crippen LogP contribution is 2.27. The number of anilines is 1. The zero-order chi connectivity index (χ0) is 12.3. The van der Waals surface area contributed by atoms with E-state index in [4.69, 9.17) is 17.3 Å². The van der Waals surface area contributed by atoms with Crippen LogP contribution in [0.2, 0.25) is 5.02 Å². The topological polar surface area (TPSA) is 38.9 Å². The molecule has 0 unspecified atom stereocenters. The minimum absolute atomic E-state index is 0.699. The molecule has 0 radical (unpaired) electrons. The van der Waals surface area contributed by atoms with Crippen molar-refractivity contribution in [3.8, 4) is 0 Å². The molecule has 2 nitrogen and oxygen atoms in total. The maximum Gasteiger partial charge on any atom is 0.0993 e. The highest BCUT2D eigenvalue weighted by Gasteiger charge is 2.04. The fourth-order valence-electron chi connectivity index (χ4n) is 1.50. The van der Waals surface area contributed by atoms with Crippen LogP contribution < -0.4 is 5.73 Å². The zero-order valence-corrected chi connectivity index (χ0v) is 11.1. The van der Waals surface area contributed by atoms with Crippen LogP contribution in [0.1, 0.15) is 11.1 Å². The van der Waals surface area contributed by atoms with E-state index in [0.717, 1.165) is 26.9 Å². The lowest BCUT2D eigenvalue weighted by Gasteiger charge is -2.06. The summed E-state index contributed by atoms with van der Waals surface area (Å²) in [6.07, 6.45) is 1.68. The minimum Gasteiger partial charge on any atom is -0.397 e. The number of aryl methyl sites for hydroxylation is 1. The molecule has 17 heavy (non-hydrogen) atoms. The molecule has 0 bridgehead atoms. The third kappa shape index (κ3) is 3.14. The summed E-state index contributed by atoms with van der Waals surface area (Å²) in [6.45, 7) is 2.01. The number of nitrogen functional groups attached to an aromatic ring is 1. The average molecular weight is 265 g/mol. The van der Waals surface area contributed by atoms with Gasteiger partial charge in [0.25, 0.3) is 0 Å². The molecule has 1 heterocycles. The van der Waals surface area contributed by atoms with Crippen LogP contribution in [-0.2, 0) is 5.75 Å². The molecule has 2 N–H and O–H groups in total. The molecular weight excluding hydrogens is 252 g/mol. The molecule has 0 saturated heterocycles. The molecule has 0 spiro atoms. The highest BCUT2D eigenvalue weighted by atomic mass is 35.5. The van der Waals surface area contributed by atoms with Crippen molar-refractivity contribution >= 4 is 29.1 Å². The number of nitrogens with two attached hydrogens (primary N) is 1. The van der Waals surface area contributed by atoms with Gasteiger partial charge in [-0.3, -0.25) is 0 Å². The maximum absolute atomic E-state index is 6.10. The number of pyridine rings is 1. The minimum atomic E-state index is 0.699. The predicted octanol–water partition coefficient (Wildman–Crippen LogP) is 3.92. The Labute approximate surface area is 110 Å². The fourth-order valence-corrected chi connectivity index (χ4v) is 2.74. The Balaban J connectivity index is 2.10. The molecule has 2 rings (SSSR count). The number of rotatable bonds is 3. The largest absolute Gasteiger partial charge is 0.397 e. The van der Waals surface area contributed by atoms with Crippen LogP contribution >= 0.6 is 23.4 Å². The van der Waals surface area contributed by atoms with E-state index in [9.17, 15) is 0 Å². The fraction of sp³-hybridized carbons (Fsp3) is 0.154. The number of thioether (sulfide) groups is 1. The van der Waals surface area contributed by atoms with Crippen LogP contribution in [0, 0.1) is 6.92 Å². The van der Waals surface area contributed by atoms with Crippen LogP contribution in [-0.4, -0.2) is 4.98 Å². The first kappa shape index (κ1) is 12.3. The monoisotopic (exact) mass is 264 g/mol. The number of hydrogen-bond acceptors (Lipinski definition) is 3. The summed E-state index contributed by atoms with van der Waals surface area (Å²) in [6, 6.07) is 9.79. The number of halogens is 1. The second-order valence-electron chi connectivity index (χ2n) is 3.77. The van der Waals surface area contributed by atoms with Gasteiger partial charge >= 0.3 is 0 Å². The molecule has 1 aromatic carbocycles. The summed E-state index contributed by atoms with van der Waals surface area (Å²) < 4.78 is 0. The number of hydrogen-bond donors (Lipinski definition) is 1. The Morgan fingerprint density at radius 3 is 2.82 bits per heavy atom. The van der Waals surface area contributed by atoms with E-state index in [2.05, 4.69) is 4.98 Å². The van der Waals surface area contributed by atoms with Gasteiger partial charge in [-0.15, -0.1) is 11.8 Å². The molecule has 88 valence electrons. The van der Waals surface area contributed by atoms with Crippen molar-refractivity contribution < 1.29 is 0 Å². The molecule has 0 aliphatic carbocycles. The molecule has 0 atom stereocenters. The van der Waals surface area contributed by atoms with Crippen molar-refractivity contribution in [1.82, 2.24) is 4.98 Å². The van der Waals surface area contributed by atoms with Crippen molar-refractivity contribution in [2.45, 2.75) is 17.7 Å². The Bertz CT molecular complexity index is 529. The van der Waals surface area contributed by atoms with Gasteiger partial charge in [0, 0.05) is 10.8 Å². The Hall–Kier alpha value is -1.19. The molecule has 0 amide bonds. The van der Waals surface area contributed by atoms with Gasteiger partial charge in [0.15, 0.2) is 0 Å². The summed E-state index contributed by atoms with van der Waals surface area (Å²) in [5, 5.41) is 1.80. The quantitative estimate of drug-likeness (QED) is 0.854. The van der Waals surface area contributed by atoms with Gasteiger partial charge in [0.1, 0.15) is 0 Å². The van der Waals surface area contributed by atoms with Gasteiger partial charge in [-0.25, -0.2) is 4.98 Å². The van der Waals surface area contributed by atoms with Gasteiger partial charge < -0.3 is 5.73 Å². The van der Waals surface area contributed by atoms with Crippen molar-refractivity contribution in [2.24, 2.45) is 0 Å². The first-order chi connectivity index (χ1) is 8.16. The summed E-state index contributed by atoms with van der Waals surface area (Å²) in [5.41, 5.74) is 8.59. The van der Waals surface area contributed by atoms with E-state index >= 15 is 0 Å².